The van der Waals surface area contributed by atoms with E-state index in [-0.39, 0.29) is 6.10 Å². The molecule has 2 heterocycles. The van der Waals surface area contributed by atoms with E-state index in [0.29, 0.717) is 0 Å². The maximum Gasteiger partial charge on any atom is 0.111 e. The molecule has 4 heteroatoms. The van der Waals surface area contributed by atoms with E-state index in [2.05, 4.69) is 21.8 Å². The van der Waals surface area contributed by atoms with E-state index < -0.39 is 0 Å². The lowest BCUT2D eigenvalue weighted by molar-refractivity contribution is 0.0223. The zero-order chi connectivity index (χ0) is 11.7. The Balaban J connectivity index is 1.69. The highest BCUT2D eigenvalue weighted by molar-refractivity contribution is 5.05. The number of ether oxygens (including phenoxy) is 1. The average molecular weight is 235 g/mol. The molecule has 2 atom stereocenters. The normalized spacial score (nSPS) is 27.0. The number of hydrogen-bond donors (Lipinski definition) is 1. The van der Waals surface area contributed by atoms with Crippen LogP contribution in [0.15, 0.2) is 12.5 Å². The highest BCUT2D eigenvalue weighted by Crippen LogP contribution is 2.37. The molecule has 1 aliphatic heterocycles. The van der Waals surface area contributed by atoms with Crippen LogP contribution < -0.4 is 5.32 Å². The first-order chi connectivity index (χ1) is 8.34. The van der Waals surface area contributed by atoms with Crippen molar-refractivity contribution in [1.82, 2.24) is 14.9 Å². The van der Waals surface area contributed by atoms with Crippen LogP contribution >= 0.6 is 0 Å². The zero-order valence-electron chi connectivity index (χ0n) is 10.4. The number of nitrogens with zero attached hydrogens (tertiary/aromatic N) is 2. The van der Waals surface area contributed by atoms with E-state index >= 15 is 0 Å². The van der Waals surface area contributed by atoms with Gasteiger partial charge in [0.1, 0.15) is 6.10 Å². The summed E-state index contributed by atoms with van der Waals surface area (Å²) in [4.78, 5) is 4.29. The van der Waals surface area contributed by atoms with Crippen LogP contribution in [-0.2, 0) is 11.3 Å². The van der Waals surface area contributed by atoms with Gasteiger partial charge in [-0.3, -0.25) is 0 Å². The third kappa shape index (κ3) is 2.53. The van der Waals surface area contributed by atoms with Crippen molar-refractivity contribution in [3.05, 3.63) is 18.2 Å². The molecule has 1 aromatic heterocycles. The second-order valence-electron chi connectivity index (χ2n) is 5.35. The minimum atomic E-state index is 0.178. The molecular weight excluding hydrogens is 214 g/mol. The summed E-state index contributed by atoms with van der Waals surface area (Å²) in [5, 5.41) is 3.37. The fraction of sp³-hybridized carbons (Fsp3) is 0.769. The van der Waals surface area contributed by atoms with Crippen molar-refractivity contribution in [2.45, 2.75) is 32.4 Å². The molecule has 17 heavy (non-hydrogen) atoms. The summed E-state index contributed by atoms with van der Waals surface area (Å²) in [6.07, 6.45) is 6.90. The fourth-order valence-corrected chi connectivity index (χ4v) is 2.63. The van der Waals surface area contributed by atoms with Crippen molar-refractivity contribution < 1.29 is 4.74 Å². The first-order valence-corrected chi connectivity index (χ1v) is 6.67. The average Bonchev–Trinajstić information content (AvgIpc) is 3.12. The van der Waals surface area contributed by atoms with Crippen molar-refractivity contribution >= 4 is 0 Å². The maximum absolute atomic E-state index is 5.80. The number of nitrogens with one attached hydrogen (secondary N) is 1. The van der Waals surface area contributed by atoms with Gasteiger partial charge >= 0.3 is 0 Å². The third-order valence-corrected chi connectivity index (χ3v) is 3.91. The molecule has 4 nitrogen and oxygen atoms in total. The van der Waals surface area contributed by atoms with Gasteiger partial charge in [0, 0.05) is 19.6 Å². The first kappa shape index (κ1) is 11.2. The first-order valence-electron chi connectivity index (χ1n) is 6.67. The third-order valence-electron chi connectivity index (χ3n) is 3.91. The molecule has 0 aromatic carbocycles. The van der Waals surface area contributed by atoms with Crippen LogP contribution in [0, 0.1) is 11.8 Å². The van der Waals surface area contributed by atoms with Gasteiger partial charge in [-0.1, -0.05) is 6.92 Å². The lowest BCUT2D eigenvalue weighted by atomic mass is 10.1. The van der Waals surface area contributed by atoms with E-state index in [1.54, 1.807) is 0 Å². The molecule has 1 aromatic rings. The Kier molecular flexibility index (Phi) is 3.16. The van der Waals surface area contributed by atoms with Crippen LogP contribution in [0.5, 0.6) is 0 Å². The molecule has 2 unspecified atom stereocenters. The molecule has 2 fully saturated rings. The SMILES string of the molecule is CC(Cn1cncc1C1CNCCO1)C1CC1. The molecule has 0 radical (unpaired) electrons. The van der Waals surface area contributed by atoms with Gasteiger partial charge in [-0.15, -0.1) is 0 Å². The summed E-state index contributed by atoms with van der Waals surface area (Å²) >= 11 is 0. The van der Waals surface area contributed by atoms with Crippen LogP contribution in [0.3, 0.4) is 0 Å². The molecule has 2 aliphatic rings. The van der Waals surface area contributed by atoms with Gasteiger partial charge in [0.15, 0.2) is 0 Å². The van der Waals surface area contributed by atoms with Crippen LogP contribution in [-0.4, -0.2) is 29.2 Å². The predicted molar refractivity (Wildman–Crippen MR) is 65.7 cm³/mol. The van der Waals surface area contributed by atoms with Crippen LogP contribution in [0.2, 0.25) is 0 Å². The monoisotopic (exact) mass is 235 g/mol. The van der Waals surface area contributed by atoms with Gasteiger partial charge in [-0.25, -0.2) is 4.98 Å². The summed E-state index contributed by atoms with van der Waals surface area (Å²) in [6.45, 7) is 6.10. The summed E-state index contributed by atoms with van der Waals surface area (Å²) in [5.74, 6) is 1.70. The molecule has 0 spiro atoms. The second kappa shape index (κ2) is 4.78. The lowest BCUT2D eigenvalue weighted by Crippen LogP contribution is -2.34. The molecule has 1 aliphatic carbocycles. The summed E-state index contributed by atoms with van der Waals surface area (Å²) in [7, 11) is 0. The number of morpholine rings is 1. The number of rotatable bonds is 4. The van der Waals surface area contributed by atoms with Crippen molar-refractivity contribution in [3.63, 3.8) is 0 Å². The lowest BCUT2D eigenvalue weighted by Gasteiger charge is -2.25. The summed E-state index contributed by atoms with van der Waals surface area (Å²) in [5.41, 5.74) is 1.23. The smallest absolute Gasteiger partial charge is 0.111 e. The zero-order valence-corrected chi connectivity index (χ0v) is 10.4. The largest absolute Gasteiger partial charge is 0.369 e. The predicted octanol–water partition coefficient (Wildman–Crippen LogP) is 1.59. The second-order valence-corrected chi connectivity index (χ2v) is 5.35. The van der Waals surface area contributed by atoms with Crippen molar-refractivity contribution in [3.8, 4) is 0 Å². The molecule has 1 saturated carbocycles. The standard InChI is InChI=1S/C13H21N3O/c1-10(11-2-3-11)8-16-9-15-6-12(16)13-7-14-4-5-17-13/h6,9-11,13-14H,2-5,7-8H2,1H3. The Bertz CT molecular complexity index is 366. The fourth-order valence-electron chi connectivity index (χ4n) is 2.63. The molecule has 1 saturated heterocycles. The maximum atomic E-state index is 5.80. The molecule has 0 amide bonds. The quantitative estimate of drug-likeness (QED) is 0.861. The van der Waals surface area contributed by atoms with Gasteiger partial charge in [-0.2, -0.15) is 0 Å². The highest BCUT2D eigenvalue weighted by atomic mass is 16.5. The van der Waals surface area contributed by atoms with E-state index in [4.69, 9.17) is 4.74 Å². The highest BCUT2D eigenvalue weighted by Gasteiger charge is 2.29. The Morgan fingerprint density at radius 1 is 1.59 bits per heavy atom. The Morgan fingerprint density at radius 2 is 2.47 bits per heavy atom. The van der Waals surface area contributed by atoms with E-state index in [1.807, 2.05) is 12.5 Å². The Morgan fingerprint density at radius 3 is 3.18 bits per heavy atom. The number of aromatic nitrogens is 2. The minimum absolute atomic E-state index is 0.178. The summed E-state index contributed by atoms with van der Waals surface area (Å²) < 4.78 is 8.08. The van der Waals surface area contributed by atoms with E-state index in [1.165, 1.54) is 18.5 Å². The molecular formula is C13H21N3O. The molecule has 3 rings (SSSR count). The van der Waals surface area contributed by atoms with Crippen LogP contribution in [0.25, 0.3) is 0 Å². The van der Waals surface area contributed by atoms with E-state index in [0.717, 1.165) is 38.1 Å². The Labute approximate surface area is 102 Å². The minimum Gasteiger partial charge on any atom is -0.369 e. The van der Waals surface area contributed by atoms with Crippen LogP contribution in [0.4, 0.5) is 0 Å². The van der Waals surface area contributed by atoms with Crippen molar-refractivity contribution in [2.75, 3.05) is 19.7 Å². The van der Waals surface area contributed by atoms with Crippen molar-refractivity contribution in [1.29, 1.82) is 0 Å². The summed E-state index contributed by atoms with van der Waals surface area (Å²) in [6, 6.07) is 0. The van der Waals surface area contributed by atoms with Gasteiger partial charge in [0.05, 0.1) is 24.8 Å². The number of hydrogen-bond acceptors (Lipinski definition) is 3. The molecule has 1 N–H and O–H groups in total. The van der Waals surface area contributed by atoms with Gasteiger partial charge < -0.3 is 14.6 Å². The molecule has 94 valence electrons. The van der Waals surface area contributed by atoms with Gasteiger partial charge in [0.25, 0.3) is 0 Å². The van der Waals surface area contributed by atoms with Crippen molar-refractivity contribution in [2.24, 2.45) is 11.8 Å². The Hall–Kier alpha value is -0.870. The molecule has 0 bridgehead atoms. The van der Waals surface area contributed by atoms with Crippen LogP contribution in [0.1, 0.15) is 31.6 Å². The van der Waals surface area contributed by atoms with Gasteiger partial charge in [-0.05, 0) is 24.7 Å². The van der Waals surface area contributed by atoms with E-state index in [9.17, 15) is 0 Å². The topological polar surface area (TPSA) is 39.1 Å². The van der Waals surface area contributed by atoms with Gasteiger partial charge in [0.2, 0.25) is 0 Å². The number of imidazole rings is 1.